The Labute approximate surface area is 160 Å². The van der Waals surface area contributed by atoms with Crippen molar-refractivity contribution in [2.24, 2.45) is 0 Å². The van der Waals surface area contributed by atoms with E-state index >= 15 is 0 Å². The monoisotopic (exact) mass is 383 g/mol. The highest BCUT2D eigenvalue weighted by Crippen LogP contribution is 2.40. The minimum Gasteiger partial charge on any atom is -0.480 e. The van der Waals surface area contributed by atoms with Gasteiger partial charge in [-0.1, -0.05) is 0 Å². The van der Waals surface area contributed by atoms with E-state index < -0.39 is 17.6 Å². The van der Waals surface area contributed by atoms with Crippen LogP contribution in [0.25, 0.3) is 5.65 Å². The van der Waals surface area contributed by atoms with E-state index in [1.54, 1.807) is 16.2 Å². The lowest BCUT2D eigenvalue weighted by Crippen LogP contribution is -2.49. The maximum atomic E-state index is 11.9. The molecule has 3 aromatic rings. The molecule has 1 saturated carbocycles. The first-order valence-corrected chi connectivity index (χ1v) is 9.30. The number of carboxylic acid groups (broad SMARTS) is 1. The van der Waals surface area contributed by atoms with Gasteiger partial charge in [0.25, 0.3) is 0 Å². The van der Waals surface area contributed by atoms with E-state index in [-0.39, 0.29) is 18.9 Å². The number of hydrogen-bond donors (Lipinski definition) is 4. The Morgan fingerprint density at radius 2 is 2.21 bits per heavy atom. The molecule has 4 heterocycles. The van der Waals surface area contributed by atoms with Crippen LogP contribution in [0.5, 0.6) is 0 Å². The van der Waals surface area contributed by atoms with Gasteiger partial charge >= 0.3 is 5.97 Å². The fourth-order valence-electron chi connectivity index (χ4n) is 3.80. The summed E-state index contributed by atoms with van der Waals surface area (Å²) < 4.78 is 1.78. The molecule has 146 valence electrons. The molecule has 0 amide bonds. The van der Waals surface area contributed by atoms with Crippen molar-refractivity contribution in [3.63, 3.8) is 0 Å². The lowest BCUT2D eigenvalue weighted by Gasteiger charge is -2.31. The Bertz CT molecular complexity index is 1060. The van der Waals surface area contributed by atoms with Gasteiger partial charge in [0.1, 0.15) is 11.2 Å². The molecule has 0 unspecified atom stereocenters. The summed E-state index contributed by atoms with van der Waals surface area (Å²) in [7, 11) is 0. The Balaban J connectivity index is 1.54. The lowest BCUT2D eigenvalue weighted by molar-refractivity contribution is -0.142. The lowest BCUT2D eigenvalue weighted by atomic mass is 9.99. The molecule has 4 N–H and O–H groups in total. The summed E-state index contributed by atoms with van der Waals surface area (Å²) in [6, 6.07) is 5.63. The molecule has 10 nitrogen and oxygen atoms in total. The molecule has 0 aromatic carbocycles. The van der Waals surface area contributed by atoms with Gasteiger partial charge in [0, 0.05) is 36.8 Å². The number of aliphatic hydroxyl groups is 1. The molecule has 10 heteroatoms. The van der Waals surface area contributed by atoms with Crippen LogP contribution >= 0.6 is 0 Å². The molecule has 0 radical (unpaired) electrons. The first-order valence-electron chi connectivity index (χ1n) is 9.30. The van der Waals surface area contributed by atoms with Crippen molar-refractivity contribution in [3.8, 4) is 0 Å². The van der Waals surface area contributed by atoms with Gasteiger partial charge in [0.15, 0.2) is 5.82 Å². The second-order valence-corrected chi connectivity index (χ2v) is 7.74. The number of aliphatic carboxylic acids is 1. The topological polar surface area (TPSA) is 132 Å². The molecule has 5 rings (SSSR count). The van der Waals surface area contributed by atoms with E-state index in [4.69, 9.17) is 0 Å². The van der Waals surface area contributed by atoms with Crippen LogP contribution in [0.4, 0.5) is 17.7 Å². The van der Waals surface area contributed by atoms with Crippen LogP contribution in [0.15, 0.2) is 24.4 Å². The number of hydrogen-bond acceptors (Lipinski definition) is 7. The summed E-state index contributed by atoms with van der Waals surface area (Å²) in [4.78, 5) is 22.5. The standard InChI is InChI=1S/C18H21N7O3/c1-18(15(27)28)8-11(26)9-25(18)17-20-14-3-2-6-24(14)16(21-17)19-13-7-12(22-23-13)10-4-5-10/h2-3,6-7,10-11,26H,4-5,8-9H2,1H3,(H,27,28)(H2,19,20,21,22,23)/t11-,18-/m0/s1. The zero-order chi connectivity index (χ0) is 19.5. The second-order valence-electron chi connectivity index (χ2n) is 7.74. The largest absolute Gasteiger partial charge is 0.480 e. The van der Waals surface area contributed by atoms with Crippen LogP contribution in [-0.2, 0) is 4.79 Å². The fraction of sp³-hybridized carbons (Fsp3) is 0.444. The molecular formula is C18H21N7O3. The van der Waals surface area contributed by atoms with E-state index in [1.165, 1.54) is 12.8 Å². The fourth-order valence-corrected chi connectivity index (χ4v) is 3.80. The highest BCUT2D eigenvalue weighted by Gasteiger charge is 2.49. The number of fused-ring (bicyclic) bond motifs is 1. The van der Waals surface area contributed by atoms with Crippen LogP contribution < -0.4 is 10.2 Å². The number of aliphatic hydroxyl groups excluding tert-OH is 1. The molecule has 2 fully saturated rings. The van der Waals surface area contributed by atoms with Crippen molar-refractivity contribution in [1.29, 1.82) is 0 Å². The smallest absolute Gasteiger partial charge is 0.329 e. The minimum atomic E-state index is -1.27. The van der Waals surface area contributed by atoms with E-state index in [0.29, 0.717) is 23.3 Å². The normalized spacial score (nSPS) is 24.8. The Morgan fingerprint density at radius 1 is 1.39 bits per heavy atom. The number of aromatic nitrogens is 5. The molecule has 3 aromatic heterocycles. The van der Waals surface area contributed by atoms with Crippen molar-refractivity contribution in [1.82, 2.24) is 24.6 Å². The summed E-state index contributed by atoms with van der Waals surface area (Å²) in [5, 5.41) is 30.4. The zero-order valence-electron chi connectivity index (χ0n) is 15.3. The van der Waals surface area contributed by atoms with Crippen LogP contribution in [0.2, 0.25) is 0 Å². The number of anilines is 3. The zero-order valence-corrected chi connectivity index (χ0v) is 15.3. The number of carbonyl (C=O) groups is 1. The average molecular weight is 383 g/mol. The number of β-amino-alcohol motifs (C(OH)–C–C–N with tert-alkyl or cyclic N) is 1. The van der Waals surface area contributed by atoms with Gasteiger partial charge in [-0.05, 0) is 31.9 Å². The highest BCUT2D eigenvalue weighted by molar-refractivity contribution is 5.83. The van der Waals surface area contributed by atoms with Gasteiger partial charge in [0.2, 0.25) is 11.9 Å². The van der Waals surface area contributed by atoms with Gasteiger partial charge < -0.3 is 20.4 Å². The Morgan fingerprint density at radius 3 is 2.96 bits per heavy atom. The number of rotatable bonds is 5. The van der Waals surface area contributed by atoms with Crippen molar-refractivity contribution in [2.45, 2.75) is 43.7 Å². The number of aromatic amines is 1. The molecule has 0 spiro atoms. The predicted octanol–water partition coefficient (Wildman–Crippen LogP) is 1.49. The molecule has 1 saturated heterocycles. The van der Waals surface area contributed by atoms with Crippen molar-refractivity contribution >= 4 is 29.3 Å². The molecular weight excluding hydrogens is 362 g/mol. The first kappa shape index (κ1) is 17.0. The predicted molar refractivity (Wildman–Crippen MR) is 101 cm³/mol. The average Bonchev–Trinajstić information content (AvgIpc) is 3.07. The summed E-state index contributed by atoms with van der Waals surface area (Å²) in [5.41, 5.74) is 0.453. The van der Waals surface area contributed by atoms with Gasteiger partial charge in [-0.2, -0.15) is 15.1 Å². The van der Waals surface area contributed by atoms with Crippen LogP contribution in [0.3, 0.4) is 0 Å². The quantitative estimate of drug-likeness (QED) is 0.521. The molecule has 2 atom stereocenters. The molecule has 2 aliphatic rings. The number of nitrogens with one attached hydrogen (secondary N) is 2. The SMILES string of the molecule is C[C@@]1(C(=O)O)C[C@H](O)CN1c1nc(Nc2cc(C3CC3)[nH]n2)n2cccc2n1. The Hall–Kier alpha value is -3.14. The van der Waals surface area contributed by atoms with E-state index in [2.05, 4.69) is 25.5 Å². The van der Waals surface area contributed by atoms with Gasteiger partial charge in [-0.15, -0.1) is 0 Å². The number of nitrogens with zero attached hydrogens (tertiary/aromatic N) is 5. The van der Waals surface area contributed by atoms with Crippen LogP contribution in [0.1, 0.15) is 37.8 Å². The first-order chi connectivity index (χ1) is 13.4. The summed E-state index contributed by atoms with van der Waals surface area (Å²) >= 11 is 0. The van der Waals surface area contributed by atoms with Gasteiger partial charge in [-0.25, -0.2) is 4.79 Å². The molecule has 1 aliphatic carbocycles. The van der Waals surface area contributed by atoms with Crippen molar-refractivity contribution in [2.75, 3.05) is 16.8 Å². The molecule has 0 bridgehead atoms. The second kappa shape index (κ2) is 5.93. The van der Waals surface area contributed by atoms with Gasteiger partial charge in [0.05, 0.1) is 6.10 Å². The van der Waals surface area contributed by atoms with Crippen LogP contribution in [0, 0.1) is 0 Å². The van der Waals surface area contributed by atoms with E-state index in [1.807, 2.05) is 24.4 Å². The Kier molecular flexibility index (Phi) is 3.60. The van der Waals surface area contributed by atoms with E-state index in [9.17, 15) is 15.0 Å². The third kappa shape index (κ3) is 2.68. The van der Waals surface area contributed by atoms with Crippen LogP contribution in [-0.4, -0.2) is 58.9 Å². The number of H-pyrrole nitrogens is 1. The van der Waals surface area contributed by atoms with E-state index in [0.717, 1.165) is 5.69 Å². The number of carboxylic acids is 1. The summed E-state index contributed by atoms with van der Waals surface area (Å²) in [5.74, 6) is 0.918. The minimum absolute atomic E-state index is 0.116. The third-order valence-corrected chi connectivity index (χ3v) is 5.55. The maximum Gasteiger partial charge on any atom is 0.329 e. The van der Waals surface area contributed by atoms with Crippen molar-refractivity contribution in [3.05, 3.63) is 30.1 Å². The molecule has 28 heavy (non-hydrogen) atoms. The van der Waals surface area contributed by atoms with Gasteiger partial charge in [-0.3, -0.25) is 9.50 Å². The third-order valence-electron chi connectivity index (χ3n) is 5.55. The maximum absolute atomic E-state index is 11.9. The van der Waals surface area contributed by atoms with Crippen molar-refractivity contribution < 1.29 is 15.0 Å². The summed E-state index contributed by atoms with van der Waals surface area (Å²) in [6.45, 7) is 1.74. The molecule has 1 aliphatic heterocycles. The summed E-state index contributed by atoms with van der Waals surface area (Å²) in [6.07, 6.45) is 3.53. The highest BCUT2D eigenvalue weighted by atomic mass is 16.4.